The molecule has 206 valence electrons. The van der Waals surface area contributed by atoms with Gasteiger partial charge in [-0.05, 0) is 67.2 Å². The number of pyridine rings is 1. The monoisotopic (exact) mass is 542 g/mol. The molecule has 3 fully saturated rings. The van der Waals surface area contributed by atoms with Crippen LogP contribution in [0.3, 0.4) is 0 Å². The molecular formula is C26H38N8O3S. The zero-order chi connectivity index (χ0) is 27.0. The largest absolute Gasteiger partial charge is 0.384 e. The molecule has 0 saturated carbocycles. The second-order valence-corrected chi connectivity index (χ2v) is 13.1. The Labute approximate surface area is 224 Å². The number of carbonyl (C=O) groups excluding carboxylic acids is 1. The Bertz CT molecular complexity index is 1230. The predicted octanol–water partition coefficient (Wildman–Crippen LogP) is 1.34. The molecule has 1 amide bonds. The molecule has 3 saturated heterocycles. The number of nitrogen functional groups attached to an aromatic ring is 1. The maximum atomic E-state index is 13.9. The van der Waals surface area contributed by atoms with Crippen LogP contribution in [0.5, 0.6) is 0 Å². The second kappa shape index (κ2) is 10.6. The number of anilines is 1. The summed E-state index contributed by atoms with van der Waals surface area (Å²) in [5, 5.41) is 7.70. The number of carbonyl (C=O) groups is 1. The van der Waals surface area contributed by atoms with E-state index in [-0.39, 0.29) is 23.8 Å². The van der Waals surface area contributed by atoms with Crippen molar-refractivity contribution in [3.05, 3.63) is 30.1 Å². The van der Waals surface area contributed by atoms with Gasteiger partial charge in [-0.15, -0.1) is 0 Å². The van der Waals surface area contributed by atoms with Crippen molar-refractivity contribution in [1.29, 1.82) is 5.41 Å². The van der Waals surface area contributed by atoms with E-state index in [1.807, 2.05) is 17.2 Å². The number of piperidine rings is 2. The molecule has 12 heteroatoms. The highest BCUT2D eigenvalue weighted by Crippen LogP contribution is 2.39. The van der Waals surface area contributed by atoms with Gasteiger partial charge in [0.1, 0.15) is 5.82 Å². The molecule has 38 heavy (non-hydrogen) atoms. The van der Waals surface area contributed by atoms with Crippen molar-refractivity contribution >= 4 is 39.0 Å². The van der Waals surface area contributed by atoms with Crippen LogP contribution in [0.2, 0.25) is 0 Å². The van der Waals surface area contributed by atoms with Crippen molar-refractivity contribution in [2.24, 2.45) is 28.5 Å². The van der Waals surface area contributed by atoms with Crippen LogP contribution >= 0.6 is 0 Å². The van der Waals surface area contributed by atoms with Gasteiger partial charge in [0.15, 0.2) is 5.96 Å². The molecule has 0 unspecified atom stereocenters. The number of aromatic nitrogens is 1. The zero-order valence-corrected chi connectivity index (χ0v) is 22.7. The molecule has 4 aliphatic heterocycles. The maximum Gasteiger partial charge on any atom is 0.226 e. The summed E-state index contributed by atoms with van der Waals surface area (Å²) in [6.07, 6.45) is 9.44. The Hall–Kier alpha value is -2.99. The first-order valence-electron chi connectivity index (χ1n) is 13.4. The van der Waals surface area contributed by atoms with Gasteiger partial charge in [-0.1, -0.05) is 0 Å². The average Bonchev–Trinajstić information content (AvgIpc) is 3.56. The van der Waals surface area contributed by atoms with E-state index < -0.39 is 10.0 Å². The number of amides is 1. The van der Waals surface area contributed by atoms with Crippen molar-refractivity contribution in [2.75, 3.05) is 44.7 Å². The minimum Gasteiger partial charge on any atom is -0.384 e. The lowest BCUT2D eigenvalue weighted by Crippen LogP contribution is -2.48. The fourth-order valence-electron chi connectivity index (χ4n) is 6.47. The number of hydrogen-bond donors (Lipinski definition) is 3. The lowest BCUT2D eigenvalue weighted by molar-refractivity contribution is -0.136. The van der Waals surface area contributed by atoms with Crippen LogP contribution in [0, 0.1) is 23.2 Å². The highest BCUT2D eigenvalue weighted by atomic mass is 32.2. The number of allylic oxidation sites excluding steroid dienone is 1. The number of nitrogens with two attached hydrogens (primary N) is 2. The molecule has 5 rings (SSSR count). The number of nitrogens with zero attached hydrogens (tertiary/aromatic N) is 5. The Morgan fingerprint density at radius 2 is 1.79 bits per heavy atom. The van der Waals surface area contributed by atoms with Gasteiger partial charge in [0.25, 0.3) is 0 Å². The molecule has 4 aliphatic rings. The van der Waals surface area contributed by atoms with Gasteiger partial charge in [-0.3, -0.25) is 15.2 Å². The normalized spacial score (nSPS) is 25.9. The van der Waals surface area contributed by atoms with E-state index in [4.69, 9.17) is 21.9 Å². The minimum absolute atomic E-state index is 0.0616. The van der Waals surface area contributed by atoms with Crippen molar-refractivity contribution in [3.8, 4) is 0 Å². The Balaban J connectivity index is 1.30. The molecule has 0 aliphatic carbocycles. The van der Waals surface area contributed by atoms with Gasteiger partial charge in [-0.25, -0.2) is 17.7 Å². The molecule has 2 atom stereocenters. The van der Waals surface area contributed by atoms with E-state index in [0.717, 1.165) is 36.1 Å². The number of guanidine groups is 1. The number of aliphatic imine (C=N–C) groups is 1. The predicted molar refractivity (Wildman–Crippen MR) is 148 cm³/mol. The third-order valence-corrected chi connectivity index (χ3v) is 10.0. The minimum atomic E-state index is -3.18. The first kappa shape index (κ1) is 26.6. The van der Waals surface area contributed by atoms with E-state index in [0.29, 0.717) is 69.6 Å². The Kier molecular flexibility index (Phi) is 7.45. The number of likely N-dealkylation sites (tertiary alicyclic amines) is 2. The summed E-state index contributed by atoms with van der Waals surface area (Å²) in [7, 11) is -3.18. The molecule has 0 spiro atoms. The molecule has 5 heterocycles. The van der Waals surface area contributed by atoms with E-state index >= 15 is 0 Å². The standard InChI is InChI=1S/C26H38N8O3S/c1-38(36,37)33-10-6-17(7-11-33)21-13-23(22-12-20(15-30-22)19-2-3-24(27)31-14-19)34(16-21)25(35)18-4-8-32(9-5-18)26(28)29/h2-3,14-15,17-18,21,23H,4-13,16H2,1H3,(H2,27,31)(H3,28,29)/t21-,23-/m0/s1. The van der Waals surface area contributed by atoms with Crippen molar-refractivity contribution in [2.45, 2.75) is 44.6 Å². The van der Waals surface area contributed by atoms with Crippen molar-refractivity contribution in [1.82, 2.24) is 19.1 Å². The maximum absolute atomic E-state index is 13.9. The molecule has 1 aromatic rings. The SMILES string of the molecule is CS(=O)(=O)N1CCC([C@H]2C[C@@H](C3=NC=C(c4ccc(N)nc4)C3)N(C(=O)C3CCN(C(=N)N)CC3)C2)CC1. The zero-order valence-electron chi connectivity index (χ0n) is 21.9. The molecule has 1 aromatic heterocycles. The number of nitrogens with one attached hydrogen (secondary N) is 1. The average molecular weight is 543 g/mol. The second-order valence-electron chi connectivity index (χ2n) is 11.1. The summed E-state index contributed by atoms with van der Waals surface area (Å²) in [6, 6.07) is 3.67. The van der Waals surface area contributed by atoms with Gasteiger partial charge >= 0.3 is 0 Å². The molecule has 5 N–H and O–H groups in total. The van der Waals surface area contributed by atoms with Crippen LogP contribution in [-0.2, 0) is 14.8 Å². The lowest BCUT2D eigenvalue weighted by Gasteiger charge is -2.35. The molecule has 0 aromatic carbocycles. The van der Waals surface area contributed by atoms with E-state index in [2.05, 4.69) is 9.88 Å². The summed E-state index contributed by atoms with van der Waals surface area (Å²) in [6.45, 7) is 3.00. The van der Waals surface area contributed by atoms with Crippen molar-refractivity contribution in [3.63, 3.8) is 0 Å². The number of sulfonamides is 1. The highest BCUT2D eigenvalue weighted by Gasteiger charge is 2.44. The van der Waals surface area contributed by atoms with Crippen molar-refractivity contribution < 1.29 is 13.2 Å². The smallest absolute Gasteiger partial charge is 0.226 e. The Morgan fingerprint density at radius 1 is 1.08 bits per heavy atom. The van der Waals surface area contributed by atoms with Crippen LogP contribution in [0.15, 0.2) is 29.5 Å². The summed E-state index contributed by atoms with van der Waals surface area (Å²) in [5.41, 5.74) is 14.5. The summed E-state index contributed by atoms with van der Waals surface area (Å²) >= 11 is 0. The van der Waals surface area contributed by atoms with Crippen LogP contribution in [0.4, 0.5) is 5.82 Å². The third kappa shape index (κ3) is 5.56. The lowest BCUT2D eigenvalue weighted by atomic mass is 9.83. The molecular weight excluding hydrogens is 504 g/mol. The van der Waals surface area contributed by atoms with Crippen LogP contribution < -0.4 is 11.5 Å². The number of rotatable bonds is 5. The summed E-state index contributed by atoms with van der Waals surface area (Å²) < 4.78 is 25.6. The topological polar surface area (TPSA) is 162 Å². The van der Waals surface area contributed by atoms with E-state index in [1.165, 1.54) is 6.26 Å². The molecule has 0 radical (unpaired) electrons. The van der Waals surface area contributed by atoms with Gasteiger partial charge in [0.2, 0.25) is 15.9 Å². The van der Waals surface area contributed by atoms with E-state index in [1.54, 1.807) is 16.6 Å². The van der Waals surface area contributed by atoms with Gasteiger partial charge in [-0.2, -0.15) is 0 Å². The summed E-state index contributed by atoms with van der Waals surface area (Å²) in [4.78, 5) is 26.8. The third-order valence-electron chi connectivity index (χ3n) is 8.74. The van der Waals surface area contributed by atoms with Crippen LogP contribution in [-0.4, -0.2) is 90.1 Å². The van der Waals surface area contributed by atoms with Crippen LogP contribution in [0.25, 0.3) is 5.57 Å². The summed E-state index contributed by atoms with van der Waals surface area (Å²) in [5.74, 6) is 1.30. The first-order chi connectivity index (χ1) is 18.1. The van der Waals surface area contributed by atoms with Gasteiger partial charge < -0.3 is 21.3 Å². The van der Waals surface area contributed by atoms with Crippen LogP contribution in [0.1, 0.15) is 44.1 Å². The number of hydrogen-bond acceptors (Lipinski definition) is 7. The van der Waals surface area contributed by atoms with E-state index in [9.17, 15) is 13.2 Å². The highest BCUT2D eigenvalue weighted by molar-refractivity contribution is 7.88. The van der Waals surface area contributed by atoms with Gasteiger partial charge in [0, 0.05) is 63.2 Å². The fourth-order valence-corrected chi connectivity index (χ4v) is 7.35. The quantitative estimate of drug-likeness (QED) is 0.373. The Morgan fingerprint density at radius 3 is 2.39 bits per heavy atom. The fraction of sp³-hybridized carbons (Fsp3) is 0.615. The molecule has 0 bridgehead atoms. The first-order valence-corrected chi connectivity index (χ1v) is 15.3. The molecule has 11 nitrogen and oxygen atoms in total. The van der Waals surface area contributed by atoms with Gasteiger partial charge in [0.05, 0.1) is 12.3 Å².